The normalized spacial score (nSPS) is 29.3. The van der Waals surface area contributed by atoms with Crippen molar-refractivity contribution in [2.24, 2.45) is 0 Å². The van der Waals surface area contributed by atoms with Crippen molar-refractivity contribution in [3.63, 3.8) is 0 Å². The molecule has 1 aromatic carbocycles. The lowest BCUT2D eigenvalue weighted by atomic mass is 10.0. The highest BCUT2D eigenvalue weighted by Crippen LogP contribution is 2.25. The Hall–Kier alpha value is -0.860. The second-order valence-electron chi connectivity index (χ2n) is 6.08. The Morgan fingerprint density at radius 2 is 1.53 bits per heavy atom. The van der Waals surface area contributed by atoms with E-state index in [0.717, 1.165) is 32.4 Å². The van der Waals surface area contributed by atoms with Gasteiger partial charge in [0, 0.05) is 19.1 Å². The number of rotatable bonds is 1. The highest BCUT2D eigenvalue weighted by atomic mass is 16.3. The van der Waals surface area contributed by atoms with Crippen LogP contribution in [0.5, 0.6) is 0 Å². The molecule has 0 spiro atoms. The van der Waals surface area contributed by atoms with Crippen LogP contribution in [-0.4, -0.2) is 35.2 Å². The van der Waals surface area contributed by atoms with Gasteiger partial charge in [0.2, 0.25) is 0 Å². The van der Waals surface area contributed by atoms with Crippen molar-refractivity contribution in [2.45, 2.75) is 57.1 Å². The summed E-state index contributed by atoms with van der Waals surface area (Å²) < 4.78 is 0. The number of aliphatic hydroxyl groups is 1. The zero-order valence-electron chi connectivity index (χ0n) is 11.7. The summed E-state index contributed by atoms with van der Waals surface area (Å²) in [6.45, 7) is 2.22. The summed E-state index contributed by atoms with van der Waals surface area (Å²) >= 11 is 0. The van der Waals surface area contributed by atoms with Crippen molar-refractivity contribution in [1.82, 2.24) is 4.90 Å². The van der Waals surface area contributed by atoms with Crippen LogP contribution >= 0.6 is 0 Å². The smallest absolute Gasteiger partial charge is 0.0695 e. The summed E-state index contributed by atoms with van der Waals surface area (Å²) in [4.78, 5) is 2.55. The summed E-state index contributed by atoms with van der Waals surface area (Å²) in [6, 6.07) is 9.23. The molecule has 104 valence electrons. The van der Waals surface area contributed by atoms with Gasteiger partial charge in [0.1, 0.15) is 0 Å². The molecule has 0 radical (unpaired) electrons. The van der Waals surface area contributed by atoms with E-state index in [9.17, 15) is 5.11 Å². The predicted octanol–water partition coefficient (Wildman–Crippen LogP) is 2.78. The summed E-state index contributed by atoms with van der Waals surface area (Å²) in [7, 11) is 0. The standard InChI is InChI=1S/C17H25NO/c19-17-9-3-1-2-8-16(17)18-12-10-14-6-4-5-7-15(14)11-13-18/h4-7,16-17,19H,1-3,8-13H2. The number of hydrogen-bond acceptors (Lipinski definition) is 2. The van der Waals surface area contributed by atoms with E-state index in [1.165, 1.54) is 36.8 Å². The Morgan fingerprint density at radius 3 is 2.21 bits per heavy atom. The lowest BCUT2D eigenvalue weighted by molar-refractivity contribution is 0.0462. The maximum atomic E-state index is 10.4. The first-order chi connectivity index (χ1) is 9.34. The van der Waals surface area contributed by atoms with Crippen molar-refractivity contribution >= 4 is 0 Å². The number of nitrogens with zero attached hydrogens (tertiary/aromatic N) is 1. The van der Waals surface area contributed by atoms with Gasteiger partial charge in [0.05, 0.1) is 6.10 Å². The fourth-order valence-corrected chi connectivity index (χ4v) is 3.71. The van der Waals surface area contributed by atoms with E-state index in [1.54, 1.807) is 0 Å². The summed E-state index contributed by atoms with van der Waals surface area (Å²) in [5, 5.41) is 10.4. The van der Waals surface area contributed by atoms with Crippen LogP contribution in [0.1, 0.15) is 43.2 Å². The Kier molecular flexibility index (Phi) is 4.19. The number of benzene rings is 1. The van der Waals surface area contributed by atoms with E-state index >= 15 is 0 Å². The fourth-order valence-electron chi connectivity index (χ4n) is 3.71. The van der Waals surface area contributed by atoms with E-state index in [4.69, 9.17) is 0 Å². The molecule has 1 fully saturated rings. The van der Waals surface area contributed by atoms with E-state index in [1.807, 2.05) is 0 Å². The van der Waals surface area contributed by atoms with E-state index in [-0.39, 0.29) is 6.10 Å². The van der Waals surface area contributed by atoms with Crippen LogP contribution in [0.4, 0.5) is 0 Å². The molecule has 1 heterocycles. The largest absolute Gasteiger partial charge is 0.391 e. The van der Waals surface area contributed by atoms with Gasteiger partial charge < -0.3 is 5.11 Å². The fraction of sp³-hybridized carbons (Fsp3) is 0.647. The van der Waals surface area contributed by atoms with Crippen LogP contribution in [0.25, 0.3) is 0 Å². The molecule has 0 saturated heterocycles. The molecule has 1 N–H and O–H groups in total. The topological polar surface area (TPSA) is 23.5 Å². The SMILES string of the molecule is OC1CCCCCC1N1CCc2ccccc2CC1. The zero-order chi connectivity index (χ0) is 13.1. The third-order valence-electron chi connectivity index (χ3n) is 4.87. The van der Waals surface area contributed by atoms with Crippen LogP contribution < -0.4 is 0 Å². The lowest BCUT2D eigenvalue weighted by Crippen LogP contribution is -2.44. The van der Waals surface area contributed by atoms with Crippen LogP contribution in [0.3, 0.4) is 0 Å². The highest BCUT2D eigenvalue weighted by molar-refractivity contribution is 5.28. The van der Waals surface area contributed by atoms with Gasteiger partial charge in [-0.25, -0.2) is 0 Å². The molecule has 2 heteroatoms. The second-order valence-corrected chi connectivity index (χ2v) is 6.08. The average molecular weight is 259 g/mol. The molecular weight excluding hydrogens is 234 g/mol. The molecule has 1 aromatic rings. The maximum Gasteiger partial charge on any atom is 0.0695 e. The van der Waals surface area contributed by atoms with Crippen molar-refractivity contribution in [3.05, 3.63) is 35.4 Å². The number of fused-ring (bicyclic) bond motifs is 1. The molecule has 3 rings (SSSR count). The quantitative estimate of drug-likeness (QED) is 0.784. The van der Waals surface area contributed by atoms with Crippen molar-refractivity contribution in [3.8, 4) is 0 Å². The van der Waals surface area contributed by atoms with Crippen molar-refractivity contribution < 1.29 is 5.11 Å². The van der Waals surface area contributed by atoms with Crippen molar-refractivity contribution in [2.75, 3.05) is 13.1 Å². The molecule has 0 amide bonds. The molecule has 2 aliphatic rings. The van der Waals surface area contributed by atoms with E-state index in [2.05, 4.69) is 29.2 Å². The molecule has 2 atom stereocenters. The van der Waals surface area contributed by atoms with Gasteiger partial charge in [0.15, 0.2) is 0 Å². The molecule has 2 unspecified atom stereocenters. The first-order valence-electron chi connectivity index (χ1n) is 7.83. The Morgan fingerprint density at radius 1 is 0.895 bits per heavy atom. The minimum absolute atomic E-state index is 0.108. The minimum Gasteiger partial charge on any atom is -0.391 e. The predicted molar refractivity (Wildman–Crippen MR) is 78.3 cm³/mol. The Bertz CT molecular complexity index is 390. The highest BCUT2D eigenvalue weighted by Gasteiger charge is 2.28. The van der Waals surface area contributed by atoms with E-state index < -0.39 is 0 Å². The van der Waals surface area contributed by atoms with Gasteiger partial charge in [-0.2, -0.15) is 0 Å². The molecule has 1 aliphatic carbocycles. The maximum absolute atomic E-state index is 10.4. The van der Waals surface area contributed by atoms with Gasteiger partial charge >= 0.3 is 0 Å². The molecular formula is C17H25NO. The Labute approximate surface area is 116 Å². The summed E-state index contributed by atoms with van der Waals surface area (Å²) in [5.74, 6) is 0. The first kappa shape index (κ1) is 13.1. The number of hydrogen-bond donors (Lipinski definition) is 1. The second kappa shape index (κ2) is 6.06. The van der Waals surface area contributed by atoms with Crippen LogP contribution in [0.15, 0.2) is 24.3 Å². The van der Waals surface area contributed by atoms with E-state index in [0.29, 0.717) is 6.04 Å². The van der Waals surface area contributed by atoms with Gasteiger partial charge in [-0.3, -0.25) is 4.90 Å². The van der Waals surface area contributed by atoms with Gasteiger partial charge in [0.25, 0.3) is 0 Å². The molecule has 0 bridgehead atoms. The lowest BCUT2D eigenvalue weighted by Gasteiger charge is -2.33. The number of aliphatic hydroxyl groups excluding tert-OH is 1. The van der Waals surface area contributed by atoms with Gasteiger partial charge in [-0.1, -0.05) is 43.5 Å². The van der Waals surface area contributed by atoms with Crippen LogP contribution in [0, 0.1) is 0 Å². The zero-order valence-corrected chi connectivity index (χ0v) is 11.7. The molecule has 19 heavy (non-hydrogen) atoms. The van der Waals surface area contributed by atoms with Crippen LogP contribution in [-0.2, 0) is 12.8 Å². The Balaban J connectivity index is 1.70. The van der Waals surface area contributed by atoms with Gasteiger partial charge in [-0.05, 0) is 36.8 Å². The monoisotopic (exact) mass is 259 g/mol. The minimum atomic E-state index is -0.108. The summed E-state index contributed by atoms with van der Waals surface area (Å²) in [5.41, 5.74) is 3.02. The molecule has 1 aliphatic heterocycles. The third-order valence-corrected chi connectivity index (χ3v) is 4.87. The first-order valence-corrected chi connectivity index (χ1v) is 7.83. The van der Waals surface area contributed by atoms with Crippen LogP contribution in [0.2, 0.25) is 0 Å². The third kappa shape index (κ3) is 3.01. The molecule has 0 aromatic heterocycles. The average Bonchev–Trinajstić information content (AvgIpc) is 2.77. The molecule has 1 saturated carbocycles. The van der Waals surface area contributed by atoms with Gasteiger partial charge in [-0.15, -0.1) is 0 Å². The summed E-state index contributed by atoms with van der Waals surface area (Å²) in [6.07, 6.45) is 8.12. The molecule has 2 nitrogen and oxygen atoms in total. The van der Waals surface area contributed by atoms with Crippen molar-refractivity contribution in [1.29, 1.82) is 0 Å².